The Bertz CT molecular complexity index is 587. The van der Waals surface area contributed by atoms with Crippen molar-refractivity contribution in [2.75, 3.05) is 26.7 Å². The third-order valence-corrected chi connectivity index (χ3v) is 4.09. The summed E-state index contributed by atoms with van der Waals surface area (Å²) in [6, 6.07) is 12.0. The molecule has 1 aromatic carbocycles. The Hall–Kier alpha value is -1.56. The summed E-state index contributed by atoms with van der Waals surface area (Å²) in [6.45, 7) is 3.80. The van der Waals surface area contributed by atoms with Crippen LogP contribution in [0.25, 0.3) is 10.4 Å². The molecule has 0 aliphatic rings. The molecule has 2 aromatic rings. The number of likely N-dealkylation sites (N-methyl/N-ethyl adjacent to an activating group) is 1. The first-order valence-corrected chi connectivity index (χ1v) is 7.82. The van der Waals surface area contributed by atoms with Crippen LogP contribution in [0.5, 0.6) is 5.75 Å². The first-order chi connectivity index (χ1) is 10.3. The van der Waals surface area contributed by atoms with Crippen LogP contribution in [0, 0.1) is 0 Å². The normalized spacial score (nSPS) is 9.91. The molecule has 2 rings (SSSR count). The van der Waals surface area contributed by atoms with E-state index in [1.54, 1.807) is 0 Å². The lowest BCUT2D eigenvalue weighted by molar-refractivity contribution is 0.0955. The topological polar surface area (TPSA) is 50.4 Å². The molecular weight excluding hydrogens is 320 g/mol. The second-order valence-corrected chi connectivity index (χ2v) is 5.51. The van der Waals surface area contributed by atoms with Crippen LogP contribution in [0.2, 0.25) is 0 Å². The van der Waals surface area contributed by atoms with Gasteiger partial charge in [0.1, 0.15) is 10.6 Å². The quantitative estimate of drug-likeness (QED) is 0.761. The van der Waals surface area contributed by atoms with E-state index in [4.69, 9.17) is 4.74 Å². The number of thiophene rings is 1. The number of hydrogen-bond donors (Lipinski definition) is 2. The van der Waals surface area contributed by atoms with Gasteiger partial charge in [0.15, 0.2) is 0 Å². The van der Waals surface area contributed by atoms with Crippen molar-refractivity contribution in [3.05, 3.63) is 41.3 Å². The fourth-order valence-electron chi connectivity index (χ4n) is 1.92. The highest BCUT2D eigenvalue weighted by molar-refractivity contribution is 7.17. The van der Waals surface area contributed by atoms with Crippen LogP contribution in [0.15, 0.2) is 36.4 Å². The molecule has 0 saturated heterocycles. The van der Waals surface area contributed by atoms with Crippen molar-refractivity contribution in [1.82, 2.24) is 10.6 Å². The average molecular weight is 341 g/mol. The van der Waals surface area contributed by atoms with E-state index < -0.39 is 0 Å². The largest absolute Gasteiger partial charge is 0.492 e. The lowest BCUT2D eigenvalue weighted by atomic mass is 10.2. The standard InChI is InChI=1S/C16H20N2O2S.ClH/c1-3-20-13-11-14(12-7-5-4-6-8-12)21-15(13)16(19)18-10-9-17-2;/h4-8,11,17H,3,9-10H2,1-2H3,(H,18,19);1H. The zero-order chi connectivity index (χ0) is 15.1. The van der Waals surface area contributed by atoms with E-state index in [2.05, 4.69) is 10.6 Å². The van der Waals surface area contributed by atoms with E-state index in [9.17, 15) is 4.79 Å². The Morgan fingerprint density at radius 3 is 2.59 bits per heavy atom. The van der Waals surface area contributed by atoms with E-state index in [0.29, 0.717) is 23.8 Å². The average Bonchev–Trinajstić information content (AvgIpc) is 2.93. The highest BCUT2D eigenvalue weighted by Crippen LogP contribution is 2.36. The summed E-state index contributed by atoms with van der Waals surface area (Å²) in [7, 11) is 1.86. The minimum absolute atomic E-state index is 0. The summed E-state index contributed by atoms with van der Waals surface area (Å²) >= 11 is 1.46. The second-order valence-electron chi connectivity index (χ2n) is 4.46. The smallest absolute Gasteiger partial charge is 0.265 e. The van der Waals surface area contributed by atoms with Crippen LogP contribution < -0.4 is 15.4 Å². The van der Waals surface area contributed by atoms with Gasteiger partial charge in [-0.15, -0.1) is 23.7 Å². The molecule has 0 saturated carbocycles. The number of halogens is 1. The Kier molecular flexibility index (Phi) is 7.95. The van der Waals surface area contributed by atoms with Gasteiger partial charge in [0.2, 0.25) is 0 Å². The number of nitrogens with one attached hydrogen (secondary N) is 2. The molecule has 4 nitrogen and oxygen atoms in total. The maximum absolute atomic E-state index is 12.3. The summed E-state index contributed by atoms with van der Waals surface area (Å²) < 4.78 is 5.60. The molecule has 0 aliphatic heterocycles. The predicted octanol–water partition coefficient (Wildman–Crippen LogP) is 3.18. The lowest BCUT2D eigenvalue weighted by Crippen LogP contribution is -2.30. The molecule has 0 unspecified atom stereocenters. The molecule has 22 heavy (non-hydrogen) atoms. The second kappa shape index (κ2) is 9.46. The Morgan fingerprint density at radius 2 is 1.95 bits per heavy atom. The first-order valence-electron chi connectivity index (χ1n) is 7.01. The fraction of sp³-hybridized carbons (Fsp3) is 0.312. The van der Waals surface area contributed by atoms with Crippen molar-refractivity contribution >= 4 is 29.7 Å². The van der Waals surface area contributed by atoms with Gasteiger partial charge in [-0.2, -0.15) is 0 Å². The van der Waals surface area contributed by atoms with Gasteiger partial charge in [-0.25, -0.2) is 0 Å². The van der Waals surface area contributed by atoms with Gasteiger partial charge in [0.25, 0.3) is 5.91 Å². The van der Waals surface area contributed by atoms with Crippen molar-refractivity contribution in [3.63, 3.8) is 0 Å². The molecule has 0 radical (unpaired) electrons. The minimum atomic E-state index is -0.0825. The highest BCUT2D eigenvalue weighted by atomic mass is 35.5. The first kappa shape index (κ1) is 18.5. The van der Waals surface area contributed by atoms with E-state index in [1.165, 1.54) is 11.3 Å². The molecule has 0 bridgehead atoms. The summed E-state index contributed by atoms with van der Waals surface area (Å²) in [6.07, 6.45) is 0. The van der Waals surface area contributed by atoms with Gasteiger partial charge in [0, 0.05) is 18.0 Å². The number of amides is 1. The van der Waals surface area contributed by atoms with Gasteiger partial charge in [-0.1, -0.05) is 30.3 Å². The zero-order valence-electron chi connectivity index (χ0n) is 12.7. The molecule has 1 aromatic heterocycles. The molecule has 6 heteroatoms. The number of benzene rings is 1. The van der Waals surface area contributed by atoms with E-state index in [1.807, 2.05) is 50.4 Å². The molecule has 0 fully saturated rings. The van der Waals surface area contributed by atoms with Crippen LogP contribution in [0.4, 0.5) is 0 Å². The molecule has 2 N–H and O–H groups in total. The summed E-state index contributed by atoms with van der Waals surface area (Å²) in [4.78, 5) is 13.9. The minimum Gasteiger partial charge on any atom is -0.492 e. The third kappa shape index (κ3) is 4.73. The zero-order valence-corrected chi connectivity index (χ0v) is 14.4. The maximum atomic E-state index is 12.3. The van der Waals surface area contributed by atoms with Gasteiger partial charge in [0.05, 0.1) is 6.61 Å². The van der Waals surface area contributed by atoms with Crippen molar-refractivity contribution < 1.29 is 9.53 Å². The lowest BCUT2D eigenvalue weighted by Gasteiger charge is -2.05. The Balaban J connectivity index is 0.00000242. The molecule has 1 heterocycles. The van der Waals surface area contributed by atoms with Crippen molar-refractivity contribution in [2.45, 2.75) is 6.92 Å². The van der Waals surface area contributed by atoms with Gasteiger partial charge >= 0.3 is 0 Å². The number of hydrogen-bond acceptors (Lipinski definition) is 4. The molecule has 120 valence electrons. The predicted molar refractivity (Wildman–Crippen MR) is 94.4 cm³/mol. The van der Waals surface area contributed by atoms with Gasteiger partial charge in [-0.05, 0) is 25.6 Å². The SMILES string of the molecule is CCOc1cc(-c2ccccc2)sc1C(=O)NCCNC.Cl. The van der Waals surface area contributed by atoms with Crippen LogP contribution in [0.1, 0.15) is 16.6 Å². The number of carbonyl (C=O) groups excluding carboxylic acids is 1. The van der Waals surface area contributed by atoms with Crippen LogP contribution in [-0.2, 0) is 0 Å². The maximum Gasteiger partial charge on any atom is 0.265 e. The van der Waals surface area contributed by atoms with Crippen LogP contribution in [0.3, 0.4) is 0 Å². The molecule has 1 amide bonds. The molecule has 0 aliphatic carbocycles. The van der Waals surface area contributed by atoms with Gasteiger partial charge < -0.3 is 15.4 Å². The van der Waals surface area contributed by atoms with Crippen molar-refractivity contribution in [3.8, 4) is 16.2 Å². The van der Waals surface area contributed by atoms with Crippen molar-refractivity contribution in [1.29, 1.82) is 0 Å². The number of carbonyl (C=O) groups is 1. The van der Waals surface area contributed by atoms with Gasteiger partial charge in [-0.3, -0.25) is 4.79 Å². The summed E-state index contributed by atoms with van der Waals surface area (Å²) in [5.41, 5.74) is 1.10. The van der Waals surface area contributed by atoms with E-state index in [-0.39, 0.29) is 18.3 Å². The monoisotopic (exact) mass is 340 g/mol. The molecular formula is C16H21ClN2O2S. The number of ether oxygens (including phenoxy) is 1. The fourth-order valence-corrected chi connectivity index (χ4v) is 2.94. The summed E-state index contributed by atoms with van der Waals surface area (Å²) in [5, 5.41) is 5.90. The Morgan fingerprint density at radius 1 is 1.23 bits per heavy atom. The summed E-state index contributed by atoms with van der Waals surface area (Å²) in [5.74, 6) is 0.573. The third-order valence-electron chi connectivity index (χ3n) is 2.92. The highest BCUT2D eigenvalue weighted by Gasteiger charge is 2.17. The van der Waals surface area contributed by atoms with E-state index in [0.717, 1.165) is 17.0 Å². The number of rotatable bonds is 7. The van der Waals surface area contributed by atoms with Crippen LogP contribution >= 0.6 is 23.7 Å². The van der Waals surface area contributed by atoms with Crippen molar-refractivity contribution in [2.24, 2.45) is 0 Å². The van der Waals surface area contributed by atoms with Crippen LogP contribution in [-0.4, -0.2) is 32.7 Å². The van der Waals surface area contributed by atoms with E-state index >= 15 is 0 Å². The molecule has 0 spiro atoms. The molecule has 0 atom stereocenters. The Labute approximate surface area is 141 Å².